The van der Waals surface area contributed by atoms with Gasteiger partial charge >= 0.3 is 0 Å². The highest BCUT2D eigenvalue weighted by molar-refractivity contribution is 5.53. The molecule has 0 atom stereocenters. The van der Waals surface area contributed by atoms with E-state index in [1.807, 2.05) is 31.2 Å². The van der Waals surface area contributed by atoms with Gasteiger partial charge in [0.05, 0.1) is 12.3 Å². The molecule has 0 heterocycles. The number of hydrogen-bond acceptors (Lipinski definition) is 2. The van der Waals surface area contributed by atoms with E-state index in [0.717, 1.165) is 42.9 Å². The Morgan fingerprint density at radius 1 is 1.00 bits per heavy atom. The van der Waals surface area contributed by atoms with Crippen LogP contribution in [0, 0.1) is 6.92 Å². The minimum absolute atomic E-state index is 0.722. The van der Waals surface area contributed by atoms with Gasteiger partial charge in [0, 0.05) is 0 Å². The van der Waals surface area contributed by atoms with Crippen LogP contribution in [0.2, 0.25) is 0 Å². The molecule has 2 aromatic carbocycles. The molecule has 0 aliphatic carbocycles. The third kappa shape index (κ3) is 4.32. The molecule has 100 valence electrons. The Kier molecular flexibility index (Phi) is 4.85. The van der Waals surface area contributed by atoms with Gasteiger partial charge in [-0.15, -0.1) is 0 Å². The average molecular weight is 255 g/mol. The quantitative estimate of drug-likeness (QED) is 0.626. The van der Waals surface area contributed by atoms with Gasteiger partial charge in [-0.1, -0.05) is 36.4 Å². The number of rotatable bonds is 6. The molecule has 0 spiro atoms. The predicted molar refractivity (Wildman–Crippen MR) is 80.5 cm³/mol. The molecule has 0 unspecified atom stereocenters. The average Bonchev–Trinajstić information content (AvgIpc) is 2.42. The fourth-order valence-corrected chi connectivity index (χ4v) is 2.06. The Morgan fingerprint density at radius 3 is 2.53 bits per heavy atom. The van der Waals surface area contributed by atoms with Crippen molar-refractivity contribution in [2.45, 2.75) is 26.2 Å². The molecule has 0 aliphatic rings. The van der Waals surface area contributed by atoms with Crippen molar-refractivity contribution in [2.75, 3.05) is 12.3 Å². The monoisotopic (exact) mass is 255 g/mol. The zero-order valence-electron chi connectivity index (χ0n) is 11.4. The van der Waals surface area contributed by atoms with Crippen LogP contribution in [-0.2, 0) is 6.42 Å². The van der Waals surface area contributed by atoms with Gasteiger partial charge in [0.2, 0.25) is 0 Å². The van der Waals surface area contributed by atoms with E-state index in [4.69, 9.17) is 10.5 Å². The Morgan fingerprint density at radius 2 is 1.79 bits per heavy atom. The summed E-state index contributed by atoms with van der Waals surface area (Å²) in [5, 5.41) is 0. The molecule has 0 radical (unpaired) electrons. The Bertz CT molecular complexity index is 508. The van der Waals surface area contributed by atoms with Gasteiger partial charge in [-0.05, 0) is 49.4 Å². The van der Waals surface area contributed by atoms with Crippen LogP contribution < -0.4 is 10.5 Å². The van der Waals surface area contributed by atoms with Crippen molar-refractivity contribution in [1.29, 1.82) is 0 Å². The highest BCUT2D eigenvalue weighted by atomic mass is 16.5. The number of aryl methyl sites for hydroxylation is 2. The van der Waals surface area contributed by atoms with Crippen molar-refractivity contribution in [3.63, 3.8) is 0 Å². The maximum absolute atomic E-state index is 5.90. The molecular weight excluding hydrogens is 234 g/mol. The molecule has 2 N–H and O–H groups in total. The molecule has 0 aliphatic heterocycles. The summed E-state index contributed by atoms with van der Waals surface area (Å²) in [6.45, 7) is 2.75. The molecule has 0 fully saturated rings. The Hall–Kier alpha value is -1.96. The molecule has 2 heteroatoms. The minimum atomic E-state index is 0.722. The fraction of sp³-hybridized carbons (Fsp3) is 0.294. The molecule has 0 aromatic heterocycles. The first-order valence-electron chi connectivity index (χ1n) is 6.78. The van der Waals surface area contributed by atoms with Crippen LogP contribution in [0.15, 0.2) is 48.5 Å². The van der Waals surface area contributed by atoms with Gasteiger partial charge < -0.3 is 10.5 Å². The molecule has 2 nitrogen and oxygen atoms in total. The van der Waals surface area contributed by atoms with E-state index in [0.29, 0.717) is 0 Å². The number of benzene rings is 2. The van der Waals surface area contributed by atoms with Crippen LogP contribution in [0.3, 0.4) is 0 Å². The van der Waals surface area contributed by atoms with Crippen LogP contribution in [0.1, 0.15) is 24.0 Å². The van der Waals surface area contributed by atoms with Gasteiger partial charge in [-0.2, -0.15) is 0 Å². The van der Waals surface area contributed by atoms with Crippen molar-refractivity contribution in [3.05, 3.63) is 59.7 Å². The smallest absolute Gasteiger partial charge is 0.142 e. The fourth-order valence-electron chi connectivity index (χ4n) is 2.06. The highest BCUT2D eigenvalue weighted by Gasteiger charge is 2.00. The molecule has 19 heavy (non-hydrogen) atoms. The molecular formula is C17H21NO. The largest absolute Gasteiger partial charge is 0.491 e. The van der Waals surface area contributed by atoms with Gasteiger partial charge in [0.15, 0.2) is 0 Å². The standard InChI is InChI=1S/C17H21NO/c1-14-10-11-17(16(18)13-14)19-12-6-5-9-15-7-3-2-4-8-15/h2-4,7-8,10-11,13H,5-6,9,12,18H2,1H3. The zero-order chi connectivity index (χ0) is 13.5. The first-order chi connectivity index (χ1) is 9.25. The molecule has 2 aromatic rings. The highest BCUT2D eigenvalue weighted by Crippen LogP contribution is 2.22. The lowest BCUT2D eigenvalue weighted by molar-refractivity contribution is 0.308. The van der Waals surface area contributed by atoms with E-state index in [2.05, 4.69) is 24.3 Å². The van der Waals surface area contributed by atoms with Crippen molar-refractivity contribution < 1.29 is 4.74 Å². The Labute approximate surface area is 115 Å². The first-order valence-corrected chi connectivity index (χ1v) is 6.78. The molecule has 2 rings (SSSR count). The van der Waals surface area contributed by atoms with Gasteiger partial charge in [-0.25, -0.2) is 0 Å². The van der Waals surface area contributed by atoms with E-state index in [1.54, 1.807) is 0 Å². The summed E-state index contributed by atoms with van der Waals surface area (Å²) in [7, 11) is 0. The lowest BCUT2D eigenvalue weighted by Crippen LogP contribution is -2.01. The second-order valence-corrected chi connectivity index (χ2v) is 4.83. The van der Waals surface area contributed by atoms with Crippen LogP contribution >= 0.6 is 0 Å². The number of unbranched alkanes of at least 4 members (excludes halogenated alkanes) is 1. The summed E-state index contributed by atoms with van der Waals surface area (Å²) < 4.78 is 5.70. The van der Waals surface area contributed by atoms with Gasteiger partial charge in [0.25, 0.3) is 0 Å². The Balaban J connectivity index is 1.69. The van der Waals surface area contributed by atoms with Gasteiger partial charge in [-0.3, -0.25) is 0 Å². The molecule has 0 amide bonds. The van der Waals surface area contributed by atoms with E-state index < -0.39 is 0 Å². The SMILES string of the molecule is Cc1ccc(OCCCCc2ccccc2)c(N)c1. The van der Waals surface area contributed by atoms with E-state index >= 15 is 0 Å². The van der Waals surface area contributed by atoms with Crippen molar-refractivity contribution in [3.8, 4) is 5.75 Å². The van der Waals surface area contributed by atoms with E-state index in [-0.39, 0.29) is 0 Å². The van der Waals surface area contributed by atoms with Crippen LogP contribution in [0.25, 0.3) is 0 Å². The van der Waals surface area contributed by atoms with Crippen LogP contribution in [0.4, 0.5) is 5.69 Å². The van der Waals surface area contributed by atoms with E-state index in [1.165, 1.54) is 5.56 Å². The summed E-state index contributed by atoms with van der Waals surface area (Å²) in [5.74, 6) is 0.797. The van der Waals surface area contributed by atoms with E-state index in [9.17, 15) is 0 Å². The third-order valence-corrected chi connectivity index (χ3v) is 3.13. The number of anilines is 1. The first kappa shape index (κ1) is 13.5. The molecule has 0 bridgehead atoms. The topological polar surface area (TPSA) is 35.2 Å². The summed E-state index contributed by atoms with van der Waals surface area (Å²) in [6, 6.07) is 16.5. The summed E-state index contributed by atoms with van der Waals surface area (Å²) in [4.78, 5) is 0. The molecule has 0 saturated heterocycles. The number of ether oxygens (including phenoxy) is 1. The van der Waals surface area contributed by atoms with Crippen molar-refractivity contribution in [1.82, 2.24) is 0 Å². The summed E-state index contributed by atoms with van der Waals surface area (Å²) in [6.07, 6.45) is 3.28. The second kappa shape index (κ2) is 6.83. The molecule has 0 saturated carbocycles. The summed E-state index contributed by atoms with van der Waals surface area (Å²) in [5.41, 5.74) is 9.17. The van der Waals surface area contributed by atoms with Crippen molar-refractivity contribution in [2.24, 2.45) is 0 Å². The normalized spacial score (nSPS) is 10.4. The maximum Gasteiger partial charge on any atom is 0.142 e. The predicted octanol–water partition coefficient (Wildman–Crippen LogP) is 3.98. The number of hydrogen-bond donors (Lipinski definition) is 1. The lowest BCUT2D eigenvalue weighted by Gasteiger charge is -2.09. The van der Waals surface area contributed by atoms with Crippen LogP contribution in [-0.4, -0.2) is 6.61 Å². The third-order valence-electron chi connectivity index (χ3n) is 3.13. The maximum atomic E-state index is 5.90. The lowest BCUT2D eigenvalue weighted by atomic mass is 10.1. The zero-order valence-corrected chi connectivity index (χ0v) is 11.4. The van der Waals surface area contributed by atoms with Crippen molar-refractivity contribution >= 4 is 5.69 Å². The summed E-state index contributed by atoms with van der Waals surface area (Å²) >= 11 is 0. The second-order valence-electron chi connectivity index (χ2n) is 4.83. The number of nitrogen functional groups attached to an aromatic ring is 1. The minimum Gasteiger partial charge on any atom is -0.491 e. The van der Waals surface area contributed by atoms with Crippen LogP contribution in [0.5, 0.6) is 5.75 Å². The number of nitrogens with two attached hydrogens (primary N) is 1. The van der Waals surface area contributed by atoms with Gasteiger partial charge in [0.1, 0.15) is 5.75 Å².